The van der Waals surface area contributed by atoms with Crippen LogP contribution in [0.4, 0.5) is 17.1 Å². The van der Waals surface area contributed by atoms with Crippen LogP contribution in [0.2, 0.25) is 0 Å². The standard InChI is InChI=1S/C14H15N3O/c1-17(11-5-3-2-4-6-11)13-9-10(15)7-8-12(13)14(16)18/h2-9H,15H2,1H3,(H2,16,18). The van der Waals surface area contributed by atoms with E-state index in [0.717, 1.165) is 5.69 Å². The molecule has 0 bridgehead atoms. The summed E-state index contributed by atoms with van der Waals surface area (Å²) in [5.41, 5.74) is 13.9. The minimum Gasteiger partial charge on any atom is -0.399 e. The quantitative estimate of drug-likeness (QED) is 0.808. The van der Waals surface area contributed by atoms with Crippen LogP contribution < -0.4 is 16.4 Å². The Hall–Kier alpha value is -2.49. The molecule has 0 unspecified atom stereocenters. The molecule has 0 aliphatic carbocycles. The van der Waals surface area contributed by atoms with Gasteiger partial charge in [-0.3, -0.25) is 4.79 Å². The Labute approximate surface area is 106 Å². The van der Waals surface area contributed by atoms with Crippen molar-refractivity contribution in [2.45, 2.75) is 0 Å². The van der Waals surface area contributed by atoms with Gasteiger partial charge in [0.25, 0.3) is 5.91 Å². The van der Waals surface area contributed by atoms with Crippen LogP contribution >= 0.6 is 0 Å². The Bertz CT molecular complexity index is 567. The molecule has 0 aliphatic rings. The van der Waals surface area contributed by atoms with Crippen LogP contribution in [-0.4, -0.2) is 13.0 Å². The fraction of sp³-hybridized carbons (Fsp3) is 0.0714. The largest absolute Gasteiger partial charge is 0.399 e. The number of para-hydroxylation sites is 1. The molecule has 0 aliphatic heterocycles. The second-order valence-electron chi connectivity index (χ2n) is 4.04. The molecule has 0 saturated carbocycles. The third kappa shape index (κ3) is 2.27. The number of primary amides is 1. The molecule has 0 aromatic heterocycles. The zero-order valence-corrected chi connectivity index (χ0v) is 10.1. The number of anilines is 3. The summed E-state index contributed by atoms with van der Waals surface area (Å²) in [7, 11) is 1.87. The van der Waals surface area contributed by atoms with Gasteiger partial charge in [0.05, 0.1) is 11.3 Å². The molecule has 0 fully saturated rings. The second-order valence-corrected chi connectivity index (χ2v) is 4.04. The zero-order valence-electron chi connectivity index (χ0n) is 10.1. The van der Waals surface area contributed by atoms with Gasteiger partial charge in [-0.1, -0.05) is 18.2 Å². The lowest BCUT2D eigenvalue weighted by Gasteiger charge is -2.22. The zero-order chi connectivity index (χ0) is 13.1. The first kappa shape index (κ1) is 12.0. The van der Waals surface area contributed by atoms with Gasteiger partial charge in [0, 0.05) is 18.4 Å². The molecular formula is C14H15N3O. The van der Waals surface area contributed by atoms with Crippen LogP contribution in [0.1, 0.15) is 10.4 Å². The molecule has 92 valence electrons. The van der Waals surface area contributed by atoms with E-state index in [2.05, 4.69) is 0 Å². The van der Waals surface area contributed by atoms with Crippen molar-refractivity contribution in [3.63, 3.8) is 0 Å². The number of nitrogen functional groups attached to an aromatic ring is 1. The van der Waals surface area contributed by atoms with Crippen molar-refractivity contribution in [3.8, 4) is 0 Å². The molecule has 2 rings (SSSR count). The van der Waals surface area contributed by atoms with Gasteiger partial charge < -0.3 is 16.4 Å². The number of rotatable bonds is 3. The Morgan fingerprint density at radius 2 is 1.78 bits per heavy atom. The van der Waals surface area contributed by atoms with Crippen molar-refractivity contribution in [1.29, 1.82) is 0 Å². The van der Waals surface area contributed by atoms with Crippen molar-refractivity contribution >= 4 is 23.0 Å². The van der Waals surface area contributed by atoms with E-state index in [1.165, 1.54) is 0 Å². The first-order valence-corrected chi connectivity index (χ1v) is 5.57. The predicted octanol–water partition coefficient (Wildman–Crippen LogP) is 2.14. The van der Waals surface area contributed by atoms with E-state index in [1.54, 1.807) is 18.2 Å². The average molecular weight is 241 g/mol. The number of nitrogens with two attached hydrogens (primary N) is 2. The number of amides is 1. The summed E-state index contributed by atoms with van der Waals surface area (Å²) in [6.07, 6.45) is 0. The molecule has 2 aromatic carbocycles. The molecule has 2 aromatic rings. The molecule has 1 amide bonds. The molecule has 0 radical (unpaired) electrons. The van der Waals surface area contributed by atoms with Crippen molar-refractivity contribution in [1.82, 2.24) is 0 Å². The van der Waals surface area contributed by atoms with E-state index in [9.17, 15) is 4.79 Å². The van der Waals surface area contributed by atoms with Gasteiger partial charge in [0.15, 0.2) is 0 Å². The molecule has 4 nitrogen and oxygen atoms in total. The number of hydrogen-bond acceptors (Lipinski definition) is 3. The van der Waals surface area contributed by atoms with Gasteiger partial charge in [-0.15, -0.1) is 0 Å². The summed E-state index contributed by atoms with van der Waals surface area (Å²) < 4.78 is 0. The monoisotopic (exact) mass is 241 g/mol. The van der Waals surface area contributed by atoms with E-state index < -0.39 is 5.91 Å². The van der Waals surface area contributed by atoms with Crippen LogP contribution in [0.5, 0.6) is 0 Å². The normalized spacial score (nSPS) is 10.1. The predicted molar refractivity (Wildman–Crippen MR) is 73.9 cm³/mol. The van der Waals surface area contributed by atoms with Crippen molar-refractivity contribution in [2.75, 3.05) is 17.7 Å². The van der Waals surface area contributed by atoms with E-state index in [0.29, 0.717) is 16.9 Å². The number of nitrogens with zero attached hydrogens (tertiary/aromatic N) is 1. The summed E-state index contributed by atoms with van der Waals surface area (Å²) in [4.78, 5) is 13.3. The van der Waals surface area contributed by atoms with Crippen LogP contribution in [0.15, 0.2) is 48.5 Å². The fourth-order valence-corrected chi connectivity index (χ4v) is 1.83. The number of hydrogen-bond donors (Lipinski definition) is 2. The minimum absolute atomic E-state index is 0.454. The van der Waals surface area contributed by atoms with Crippen LogP contribution in [0, 0.1) is 0 Å². The van der Waals surface area contributed by atoms with Gasteiger partial charge >= 0.3 is 0 Å². The highest BCUT2D eigenvalue weighted by molar-refractivity contribution is 6.00. The molecule has 0 heterocycles. The number of benzene rings is 2. The SMILES string of the molecule is CN(c1ccccc1)c1cc(N)ccc1C(N)=O. The lowest BCUT2D eigenvalue weighted by Crippen LogP contribution is -2.18. The summed E-state index contributed by atoms with van der Waals surface area (Å²) >= 11 is 0. The van der Waals surface area contributed by atoms with Crippen molar-refractivity contribution in [3.05, 3.63) is 54.1 Å². The third-order valence-electron chi connectivity index (χ3n) is 2.79. The Morgan fingerprint density at radius 3 is 2.39 bits per heavy atom. The maximum absolute atomic E-state index is 11.4. The van der Waals surface area contributed by atoms with Crippen LogP contribution in [0.25, 0.3) is 0 Å². The summed E-state index contributed by atoms with van der Waals surface area (Å²) in [5, 5.41) is 0. The minimum atomic E-state index is -0.465. The first-order valence-electron chi connectivity index (χ1n) is 5.57. The highest BCUT2D eigenvalue weighted by Crippen LogP contribution is 2.28. The Morgan fingerprint density at radius 1 is 1.11 bits per heavy atom. The molecule has 0 saturated heterocycles. The van der Waals surface area contributed by atoms with Gasteiger partial charge in [0.1, 0.15) is 0 Å². The molecule has 0 atom stereocenters. The topological polar surface area (TPSA) is 72.3 Å². The van der Waals surface area contributed by atoms with E-state index >= 15 is 0 Å². The van der Waals surface area contributed by atoms with Gasteiger partial charge in [0.2, 0.25) is 0 Å². The maximum atomic E-state index is 11.4. The molecular weight excluding hydrogens is 226 g/mol. The Kier molecular flexibility index (Phi) is 3.19. The third-order valence-corrected chi connectivity index (χ3v) is 2.79. The van der Waals surface area contributed by atoms with E-state index in [1.807, 2.05) is 42.3 Å². The lowest BCUT2D eigenvalue weighted by atomic mass is 10.1. The lowest BCUT2D eigenvalue weighted by molar-refractivity contribution is 0.100. The number of carbonyl (C=O) groups excluding carboxylic acids is 1. The maximum Gasteiger partial charge on any atom is 0.250 e. The van der Waals surface area contributed by atoms with Gasteiger partial charge in [-0.2, -0.15) is 0 Å². The van der Waals surface area contributed by atoms with Gasteiger partial charge in [-0.25, -0.2) is 0 Å². The molecule has 18 heavy (non-hydrogen) atoms. The smallest absolute Gasteiger partial charge is 0.250 e. The van der Waals surface area contributed by atoms with Gasteiger partial charge in [-0.05, 0) is 30.3 Å². The summed E-state index contributed by atoms with van der Waals surface area (Å²) in [6.45, 7) is 0. The average Bonchev–Trinajstić information content (AvgIpc) is 2.38. The number of carbonyl (C=O) groups is 1. The first-order chi connectivity index (χ1) is 8.59. The molecule has 4 N–H and O–H groups in total. The van der Waals surface area contributed by atoms with Crippen molar-refractivity contribution < 1.29 is 4.79 Å². The second kappa shape index (κ2) is 4.79. The van der Waals surface area contributed by atoms with Crippen molar-refractivity contribution in [2.24, 2.45) is 5.73 Å². The fourth-order valence-electron chi connectivity index (χ4n) is 1.83. The Balaban J connectivity index is 2.50. The van der Waals surface area contributed by atoms with Crippen LogP contribution in [-0.2, 0) is 0 Å². The van der Waals surface area contributed by atoms with E-state index in [4.69, 9.17) is 11.5 Å². The van der Waals surface area contributed by atoms with E-state index in [-0.39, 0.29) is 0 Å². The molecule has 4 heteroatoms. The summed E-state index contributed by atoms with van der Waals surface area (Å²) in [6, 6.07) is 14.8. The summed E-state index contributed by atoms with van der Waals surface area (Å²) in [5.74, 6) is -0.465. The highest BCUT2D eigenvalue weighted by atomic mass is 16.1. The van der Waals surface area contributed by atoms with Crippen LogP contribution in [0.3, 0.4) is 0 Å². The highest BCUT2D eigenvalue weighted by Gasteiger charge is 2.13. The molecule has 0 spiro atoms.